The summed E-state index contributed by atoms with van der Waals surface area (Å²) < 4.78 is 5.57. The average molecular weight is 494 g/mol. The number of alkyl carbamates (subject to hydrolysis) is 1. The van der Waals surface area contributed by atoms with Crippen LogP contribution in [0, 0.1) is 6.92 Å². The molecular formula is C26H27N3O5S. The van der Waals surface area contributed by atoms with Crippen LogP contribution in [0.25, 0.3) is 11.1 Å². The van der Waals surface area contributed by atoms with Gasteiger partial charge in [0.05, 0.1) is 12.2 Å². The van der Waals surface area contributed by atoms with Crippen molar-refractivity contribution in [1.29, 1.82) is 0 Å². The normalized spacial score (nSPS) is 13.0. The Kier molecular flexibility index (Phi) is 7.45. The Labute approximate surface area is 207 Å². The van der Waals surface area contributed by atoms with E-state index in [0.29, 0.717) is 23.5 Å². The molecule has 8 nitrogen and oxygen atoms in total. The van der Waals surface area contributed by atoms with Gasteiger partial charge >= 0.3 is 12.1 Å². The highest BCUT2D eigenvalue weighted by atomic mass is 32.1. The molecule has 1 aliphatic carbocycles. The Bertz CT molecular complexity index is 1210. The van der Waals surface area contributed by atoms with Crippen molar-refractivity contribution < 1.29 is 24.2 Å². The van der Waals surface area contributed by atoms with Gasteiger partial charge < -0.3 is 20.5 Å². The van der Waals surface area contributed by atoms with Gasteiger partial charge in [-0.3, -0.25) is 4.79 Å². The van der Waals surface area contributed by atoms with E-state index in [2.05, 4.69) is 27.8 Å². The Morgan fingerprint density at radius 2 is 1.71 bits per heavy atom. The van der Waals surface area contributed by atoms with Gasteiger partial charge in [0.25, 0.3) is 0 Å². The molecule has 35 heavy (non-hydrogen) atoms. The van der Waals surface area contributed by atoms with Crippen LogP contribution in [0.15, 0.2) is 48.5 Å². The van der Waals surface area contributed by atoms with Crippen LogP contribution in [-0.4, -0.2) is 40.7 Å². The summed E-state index contributed by atoms with van der Waals surface area (Å²) >= 11 is 1.02. The van der Waals surface area contributed by atoms with Crippen molar-refractivity contribution in [3.8, 4) is 11.1 Å². The monoisotopic (exact) mass is 493 g/mol. The minimum absolute atomic E-state index is 0.0665. The highest BCUT2D eigenvalue weighted by molar-refractivity contribution is 7.13. The molecule has 3 N–H and O–H groups in total. The Morgan fingerprint density at radius 1 is 1.09 bits per heavy atom. The standard InChI is InChI=1S/C26H27N3O5S/c1-3-8-21(24(30)27-13-22-28-15(2)23(35-22)25(31)32)29-26(33)34-14-20-18-11-6-4-9-16(18)17-10-5-7-12-19(17)20/h4-7,9-12,20-21H,3,8,13-14H2,1-2H3,(H,27,30)(H,29,33)(H,31,32)/t21-/m0/s1. The summed E-state index contributed by atoms with van der Waals surface area (Å²) in [5.41, 5.74) is 4.92. The second-order valence-electron chi connectivity index (χ2n) is 8.36. The first-order valence-electron chi connectivity index (χ1n) is 11.5. The first-order valence-corrected chi connectivity index (χ1v) is 12.3. The zero-order valence-electron chi connectivity index (χ0n) is 19.5. The molecule has 0 fully saturated rings. The van der Waals surface area contributed by atoms with Crippen LogP contribution in [0.1, 0.15) is 57.2 Å². The van der Waals surface area contributed by atoms with E-state index in [4.69, 9.17) is 4.74 Å². The summed E-state index contributed by atoms with van der Waals surface area (Å²) in [6, 6.07) is 15.4. The number of fused-ring (bicyclic) bond motifs is 3. The predicted molar refractivity (Wildman–Crippen MR) is 133 cm³/mol. The molecule has 2 amide bonds. The minimum Gasteiger partial charge on any atom is -0.477 e. The van der Waals surface area contributed by atoms with E-state index in [1.54, 1.807) is 6.92 Å². The third-order valence-corrected chi connectivity index (χ3v) is 7.12. The molecule has 2 aromatic carbocycles. The van der Waals surface area contributed by atoms with Crippen LogP contribution >= 0.6 is 11.3 Å². The summed E-state index contributed by atoms with van der Waals surface area (Å²) in [5, 5.41) is 15.1. The highest BCUT2D eigenvalue weighted by Crippen LogP contribution is 2.44. The van der Waals surface area contributed by atoms with Gasteiger partial charge in [0.1, 0.15) is 22.5 Å². The van der Waals surface area contributed by atoms with Crippen molar-refractivity contribution in [1.82, 2.24) is 15.6 Å². The molecule has 0 radical (unpaired) electrons. The summed E-state index contributed by atoms with van der Waals surface area (Å²) in [7, 11) is 0. The fourth-order valence-electron chi connectivity index (χ4n) is 4.35. The second kappa shape index (κ2) is 10.7. The van der Waals surface area contributed by atoms with Gasteiger partial charge in [0, 0.05) is 5.92 Å². The maximum absolute atomic E-state index is 12.7. The maximum Gasteiger partial charge on any atom is 0.407 e. The molecule has 0 aliphatic heterocycles. The molecule has 0 saturated carbocycles. The zero-order chi connectivity index (χ0) is 24.9. The third-order valence-electron chi connectivity index (χ3n) is 5.98. The molecular weight excluding hydrogens is 466 g/mol. The predicted octanol–water partition coefficient (Wildman–Crippen LogP) is 4.47. The molecule has 1 atom stereocenters. The number of aromatic nitrogens is 1. The fraction of sp³-hybridized carbons (Fsp3) is 0.308. The summed E-state index contributed by atoms with van der Waals surface area (Å²) in [6.07, 6.45) is 0.466. The number of aryl methyl sites for hydroxylation is 1. The lowest BCUT2D eigenvalue weighted by atomic mass is 9.98. The van der Waals surface area contributed by atoms with E-state index >= 15 is 0 Å². The molecule has 1 heterocycles. The van der Waals surface area contributed by atoms with Crippen LogP contribution < -0.4 is 10.6 Å². The number of benzene rings is 2. The topological polar surface area (TPSA) is 118 Å². The molecule has 0 saturated heterocycles. The van der Waals surface area contributed by atoms with E-state index in [1.165, 1.54) is 0 Å². The largest absolute Gasteiger partial charge is 0.477 e. The molecule has 4 rings (SSSR count). The van der Waals surface area contributed by atoms with Gasteiger partial charge in [-0.25, -0.2) is 14.6 Å². The van der Waals surface area contributed by atoms with Gasteiger partial charge in [-0.05, 0) is 35.6 Å². The van der Waals surface area contributed by atoms with Crippen molar-refractivity contribution >= 4 is 29.3 Å². The lowest BCUT2D eigenvalue weighted by Crippen LogP contribution is -2.46. The fourth-order valence-corrected chi connectivity index (χ4v) is 5.20. The molecule has 3 aromatic rings. The summed E-state index contributed by atoms with van der Waals surface area (Å²) in [4.78, 5) is 40.9. The number of carbonyl (C=O) groups is 3. The van der Waals surface area contributed by atoms with E-state index in [1.807, 2.05) is 43.3 Å². The van der Waals surface area contributed by atoms with Crippen LogP contribution in [0.2, 0.25) is 0 Å². The second-order valence-corrected chi connectivity index (χ2v) is 9.44. The minimum atomic E-state index is -1.04. The van der Waals surface area contributed by atoms with E-state index in [-0.39, 0.29) is 29.9 Å². The average Bonchev–Trinajstić information content (AvgIpc) is 3.38. The lowest BCUT2D eigenvalue weighted by Gasteiger charge is -2.19. The van der Waals surface area contributed by atoms with Crippen LogP contribution in [0.4, 0.5) is 4.79 Å². The van der Waals surface area contributed by atoms with Crippen molar-refractivity contribution in [3.63, 3.8) is 0 Å². The van der Waals surface area contributed by atoms with Crippen molar-refractivity contribution in [3.05, 3.63) is 75.2 Å². The van der Waals surface area contributed by atoms with Crippen molar-refractivity contribution in [2.45, 2.75) is 45.2 Å². The number of carboxylic acids is 1. The van der Waals surface area contributed by atoms with Crippen molar-refractivity contribution in [2.24, 2.45) is 0 Å². The van der Waals surface area contributed by atoms with E-state index in [0.717, 1.165) is 33.6 Å². The van der Waals surface area contributed by atoms with E-state index < -0.39 is 18.1 Å². The number of aromatic carboxylic acids is 1. The molecule has 1 aliphatic rings. The molecule has 9 heteroatoms. The number of hydrogen-bond acceptors (Lipinski definition) is 6. The van der Waals surface area contributed by atoms with Crippen LogP contribution in [-0.2, 0) is 16.1 Å². The first-order chi connectivity index (χ1) is 16.9. The van der Waals surface area contributed by atoms with Gasteiger partial charge in [-0.1, -0.05) is 61.9 Å². The summed E-state index contributed by atoms with van der Waals surface area (Å²) in [6.45, 7) is 3.79. The number of carboxylic acid groups (broad SMARTS) is 1. The highest BCUT2D eigenvalue weighted by Gasteiger charge is 2.29. The van der Waals surface area contributed by atoms with Crippen molar-refractivity contribution in [2.75, 3.05) is 6.61 Å². The number of nitrogens with one attached hydrogen (secondary N) is 2. The Balaban J connectivity index is 1.35. The number of rotatable bonds is 9. The van der Waals surface area contributed by atoms with Crippen LogP contribution in [0.5, 0.6) is 0 Å². The first kappa shape index (κ1) is 24.4. The number of ether oxygens (including phenoxy) is 1. The number of thiazole rings is 1. The number of hydrogen-bond donors (Lipinski definition) is 3. The molecule has 0 spiro atoms. The summed E-state index contributed by atoms with van der Waals surface area (Å²) in [5.74, 6) is -1.48. The maximum atomic E-state index is 12.7. The smallest absolute Gasteiger partial charge is 0.407 e. The van der Waals surface area contributed by atoms with Gasteiger partial charge in [-0.2, -0.15) is 0 Å². The van der Waals surface area contributed by atoms with Gasteiger partial charge in [0.2, 0.25) is 5.91 Å². The molecule has 0 unspecified atom stereocenters. The molecule has 0 bridgehead atoms. The zero-order valence-corrected chi connectivity index (χ0v) is 20.4. The number of amides is 2. The number of nitrogens with zero attached hydrogens (tertiary/aromatic N) is 1. The lowest BCUT2D eigenvalue weighted by molar-refractivity contribution is -0.123. The Hall–Kier alpha value is -3.72. The quantitative estimate of drug-likeness (QED) is 0.405. The SMILES string of the molecule is CCC[C@H](NC(=O)OCC1c2ccccc2-c2ccccc21)C(=O)NCc1nc(C)c(C(=O)O)s1. The molecule has 182 valence electrons. The number of carbonyl (C=O) groups excluding carboxylic acids is 2. The third kappa shape index (κ3) is 5.35. The van der Waals surface area contributed by atoms with Crippen LogP contribution in [0.3, 0.4) is 0 Å². The molecule has 1 aromatic heterocycles. The van der Waals surface area contributed by atoms with Gasteiger partial charge in [0.15, 0.2) is 0 Å². The Morgan fingerprint density at radius 3 is 2.29 bits per heavy atom. The van der Waals surface area contributed by atoms with E-state index in [9.17, 15) is 19.5 Å². The van der Waals surface area contributed by atoms with Gasteiger partial charge in [-0.15, -0.1) is 11.3 Å².